The first-order valence-corrected chi connectivity index (χ1v) is 10.8. The van der Waals surface area contributed by atoms with Crippen LogP contribution in [0.25, 0.3) is 21.8 Å². The molecular weight excluding hydrogens is 374 g/mol. The molecule has 1 atom stereocenters. The highest BCUT2D eigenvalue weighted by molar-refractivity contribution is 5.86. The van der Waals surface area contributed by atoms with Crippen molar-refractivity contribution < 1.29 is 9.84 Å². The summed E-state index contributed by atoms with van der Waals surface area (Å²) in [4.78, 5) is 9.02. The summed E-state index contributed by atoms with van der Waals surface area (Å²) >= 11 is 0. The third-order valence-corrected chi connectivity index (χ3v) is 6.44. The number of benzene rings is 2. The van der Waals surface area contributed by atoms with Crippen LogP contribution in [0.4, 0.5) is 0 Å². The molecule has 0 spiro atoms. The lowest BCUT2D eigenvalue weighted by Gasteiger charge is -2.33. The van der Waals surface area contributed by atoms with E-state index in [9.17, 15) is 5.11 Å². The Morgan fingerprint density at radius 3 is 2.77 bits per heavy atom. The van der Waals surface area contributed by atoms with Crippen LogP contribution in [0.3, 0.4) is 0 Å². The number of aryl methyl sites for hydroxylation is 1. The van der Waals surface area contributed by atoms with Crippen LogP contribution in [0, 0.1) is 6.92 Å². The Balaban J connectivity index is 1.15. The van der Waals surface area contributed by atoms with Crippen molar-refractivity contribution in [3.8, 4) is 5.75 Å². The van der Waals surface area contributed by atoms with Gasteiger partial charge in [-0.05, 0) is 68.1 Å². The summed E-state index contributed by atoms with van der Waals surface area (Å²) in [6, 6.07) is 14.5. The molecule has 2 aromatic carbocycles. The van der Waals surface area contributed by atoms with Crippen LogP contribution in [0.2, 0.25) is 0 Å². The number of rotatable bonds is 6. The molecule has 5 nitrogen and oxygen atoms in total. The number of H-pyrrole nitrogens is 2. The highest BCUT2D eigenvalue weighted by Gasteiger charge is 2.24. The van der Waals surface area contributed by atoms with E-state index in [4.69, 9.17) is 4.74 Å². The first-order chi connectivity index (χ1) is 14.7. The van der Waals surface area contributed by atoms with Crippen molar-refractivity contribution in [1.82, 2.24) is 14.9 Å². The van der Waals surface area contributed by atoms with Crippen molar-refractivity contribution >= 4 is 21.8 Å². The monoisotopic (exact) mass is 403 g/mol. The van der Waals surface area contributed by atoms with Gasteiger partial charge in [0.25, 0.3) is 0 Å². The Morgan fingerprint density at radius 2 is 1.90 bits per heavy atom. The van der Waals surface area contributed by atoms with Gasteiger partial charge >= 0.3 is 0 Å². The number of nitrogens with zero attached hydrogens (tertiary/aromatic N) is 1. The molecule has 4 aromatic rings. The topological polar surface area (TPSA) is 64.3 Å². The van der Waals surface area contributed by atoms with E-state index in [1.165, 1.54) is 22.0 Å². The van der Waals surface area contributed by atoms with Gasteiger partial charge in [-0.3, -0.25) is 0 Å². The lowest BCUT2D eigenvalue weighted by molar-refractivity contribution is 0.0599. The third kappa shape index (κ3) is 3.71. The fraction of sp³-hybridized carbons (Fsp3) is 0.360. The molecule has 1 aliphatic rings. The summed E-state index contributed by atoms with van der Waals surface area (Å²) in [6.45, 7) is 5.14. The Kier molecular flexibility index (Phi) is 5.23. The van der Waals surface area contributed by atoms with Crippen molar-refractivity contribution in [3.05, 3.63) is 66.0 Å². The van der Waals surface area contributed by atoms with Gasteiger partial charge in [0.05, 0.1) is 0 Å². The summed E-state index contributed by atoms with van der Waals surface area (Å²) in [5.74, 6) is 1.40. The fourth-order valence-corrected chi connectivity index (χ4v) is 4.81. The maximum Gasteiger partial charge on any atom is 0.128 e. The quantitative estimate of drug-likeness (QED) is 0.442. The molecule has 0 unspecified atom stereocenters. The number of nitrogens with one attached hydrogen (secondary N) is 2. The lowest BCUT2D eigenvalue weighted by atomic mass is 9.89. The number of piperidine rings is 1. The zero-order valence-electron chi connectivity index (χ0n) is 17.4. The maximum atomic E-state index is 10.5. The Labute approximate surface area is 176 Å². The van der Waals surface area contributed by atoms with Gasteiger partial charge in [-0.15, -0.1) is 0 Å². The predicted molar refractivity (Wildman–Crippen MR) is 121 cm³/mol. The van der Waals surface area contributed by atoms with Gasteiger partial charge in [-0.2, -0.15) is 0 Å². The average molecular weight is 404 g/mol. The van der Waals surface area contributed by atoms with E-state index in [-0.39, 0.29) is 0 Å². The van der Waals surface area contributed by atoms with E-state index < -0.39 is 6.10 Å². The standard InChI is InChI=1S/C25H29N3O2/c1-17-4-2-5-20-22(14-27-25(17)20)18-9-12-28(13-10-18)15-19(29)16-30-24-7-3-6-23-21(24)8-11-26-23/h2-8,11,14,18-19,26-27,29H,9-10,12-13,15-16H2,1H3/t19-/m0/s1. The number of β-amino-alcohol motifs (C(OH)–C–C–N with tert-alkyl or cyclic N) is 1. The van der Waals surface area contributed by atoms with Crippen LogP contribution in [0.15, 0.2) is 54.9 Å². The number of ether oxygens (including phenoxy) is 1. The van der Waals surface area contributed by atoms with Gasteiger partial charge in [-0.1, -0.05) is 24.3 Å². The highest BCUT2D eigenvalue weighted by atomic mass is 16.5. The number of para-hydroxylation sites is 1. The Bertz CT molecular complexity index is 1140. The molecule has 0 saturated carbocycles. The van der Waals surface area contributed by atoms with E-state index in [0.29, 0.717) is 19.1 Å². The molecular formula is C25H29N3O2. The zero-order valence-corrected chi connectivity index (χ0v) is 17.4. The number of fused-ring (bicyclic) bond motifs is 2. The molecule has 1 aliphatic heterocycles. The minimum atomic E-state index is -0.494. The van der Waals surface area contributed by atoms with Crippen LogP contribution in [-0.2, 0) is 0 Å². The molecule has 30 heavy (non-hydrogen) atoms. The first kappa shape index (κ1) is 19.2. The summed E-state index contributed by atoms with van der Waals surface area (Å²) in [6.07, 6.45) is 5.86. The van der Waals surface area contributed by atoms with E-state index in [1.807, 2.05) is 30.5 Å². The predicted octanol–water partition coefficient (Wildman–Crippen LogP) is 4.58. The Hall–Kier alpha value is -2.76. The largest absolute Gasteiger partial charge is 0.490 e. The summed E-state index contributed by atoms with van der Waals surface area (Å²) in [5.41, 5.74) is 5.06. The summed E-state index contributed by atoms with van der Waals surface area (Å²) < 4.78 is 5.92. The maximum absolute atomic E-state index is 10.5. The minimum Gasteiger partial charge on any atom is -0.490 e. The Morgan fingerprint density at radius 1 is 1.07 bits per heavy atom. The number of hydrogen-bond acceptors (Lipinski definition) is 3. The number of aliphatic hydroxyl groups excluding tert-OH is 1. The number of aromatic nitrogens is 2. The minimum absolute atomic E-state index is 0.311. The average Bonchev–Trinajstić information content (AvgIpc) is 3.41. The van der Waals surface area contributed by atoms with Gasteiger partial charge in [0.1, 0.15) is 18.5 Å². The lowest BCUT2D eigenvalue weighted by Crippen LogP contribution is -2.40. The van der Waals surface area contributed by atoms with E-state index in [1.54, 1.807) is 0 Å². The molecule has 0 radical (unpaired) electrons. The van der Waals surface area contributed by atoms with Crippen molar-refractivity contribution in [1.29, 1.82) is 0 Å². The molecule has 2 aromatic heterocycles. The zero-order chi connectivity index (χ0) is 20.5. The molecule has 5 rings (SSSR count). The third-order valence-electron chi connectivity index (χ3n) is 6.44. The molecule has 1 saturated heterocycles. The fourth-order valence-electron chi connectivity index (χ4n) is 4.81. The molecule has 0 amide bonds. The normalized spacial score (nSPS) is 17.0. The van der Waals surface area contributed by atoms with Crippen molar-refractivity contribution in [2.45, 2.75) is 31.8 Å². The van der Waals surface area contributed by atoms with Gasteiger partial charge in [-0.25, -0.2) is 0 Å². The second-order valence-corrected chi connectivity index (χ2v) is 8.48. The van der Waals surface area contributed by atoms with Crippen LogP contribution in [0.5, 0.6) is 5.75 Å². The molecule has 1 fully saturated rings. The molecule has 3 heterocycles. The number of aromatic amines is 2. The van der Waals surface area contributed by atoms with E-state index >= 15 is 0 Å². The van der Waals surface area contributed by atoms with E-state index in [2.05, 4.69) is 46.2 Å². The molecule has 5 heteroatoms. The second-order valence-electron chi connectivity index (χ2n) is 8.48. The van der Waals surface area contributed by atoms with Gasteiger partial charge < -0.3 is 24.7 Å². The number of likely N-dealkylation sites (tertiary alicyclic amines) is 1. The van der Waals surface area contributed by atoms with E-state index in [0.717, 1.165) is 42.6 Å². The number of aliphatic hydroxyl groups is 1. The number of hydrogen-bond donors (Lipinski definition) is 3. The van der Waals surface area contributed by atoms with Gasteiger partial charge in [0.15, 0.2) is 0 Å². The van der Waals surface area contributed by atoms with Crippen LogP contribution < -0.4 is 4.74 Å². The molecule has 0 bridgehead atoms. The van der Waals surface area contributed by atoms with Gasteiger partial charge in [0, 0.05) is 40.7 Å². The molecule has 3 N–H and O–H groups in total. The van der Waals surface area contributed by atoms with Crippen LogP contribution in [-0.4, -0.2) is 52.3 Å². The first-order valence-electron chi connectivity index (χ1n) is 10.8. The van der Waals surface area contributed by atoms with Crippen LogP contribution >= 0.6 is 0 Å². The molecule has 0 aliphatic carbocycles. The van der Waals surface area contributed by atoms with Crippen LogP contribution in [0.1, 0.15) is 29.9 Å². The van der Waals surface area contributed by atoms with Crippen molar-refractivity contribution in [3.63, 3.8) is 0 Å². The van der Waals surface area contributed by atoms with Crippen molar-refractivity contribution in [2.24, 2.45) is 0 Å². The van der Waals surface area contributed by atoms with Gasteiger partial charge in [0.2, 0.25) is 0 Å². The summed E-state index contributed by atoms with van der Waals surface area (Å²) in [7, 11) is 0. The SMILES string of the molecule is Cc1cccc2c(C3CCN(C[C@H](O)COc4cccc5[nH]ccc45)CC3)c[nH]c12. The molecule has 156 valence electrons. The van der Waals surface area contributed by atoms with Crippen molar-refractivity contribution in [2.75, 3.05) is 26.2 Å². The highest BCUT2D eigenvalue weighted by Crippen LogP contribution is 2.34. The smallest absolute Gasteiger partial charge is 0.128 e. The second kappa shape index (κ2) is 8.17. The summed E-state index contributed by atoms with van der Waals surface area (Å²) in [5, 5.41) is 12.9.